The van der Waals surface area contributed by atoms with E-state index in [2.05, 4.69) is 10.1 Å². The molecule has 0 fully saturated rings. The van der Waals surface area contributed by atoms with E-state index in [9.17, 15) is 4.79 Å². The third-order valence-electron chi connectivity index (χ3n) is 4.52. The average Bonchev–Trinajstić information content (AvgIpc) is 3.28. The lowest BCUT2D eigenvalue weighted by atomic mass is 10.1. The van der Waals surface area contributed by atoms with Crippen molar-refractivity contribution in [2.45, 2.75) is 26.6 Å². The summed E-state index contributed by atoms with van der Waals surface area (Å²) in [6, 6.07) is 7.74. The van der Waals surface area contributed by atoms with Crippen molar-refractivity contribution in [3.8, 4) is 0 Å². The monoisotopic (exact) mass is 321 g/mol. The summed E-state index contributed by atoms with van der Waals surface area (Å²) < 4.78 is 3.89. The number of carbonyl (C=O) groups excluding carboxylic acids is 1. The Morgan fingerprint density at radius 2 is 2.00 bits per heavy atom. The predicted octanol–water partition coefficient (Wildman–Crippen LogP) is 2.13. The average molecular weight is 321 g/mol. The minimum Gasteiger partial charge on any atom is -0.331 e. The second kappa shape index (κ2) is 5.63. The van der Waals surface area contributed by atoms with Crippen molar-refractivity contribution in [2.75, 3.05) is 0 Å². The SMILES string of the molecule is Cc1ccc(C(=O)N2Cc3c(Cn4ccnc4)nn(C)c3C2)cc1. The van der Waals surface area contributed by atoms with Gasteiger partial charge in [0.05, 0.1) is 37.3 Å². The van der Waals surface area contributed by atoms with E-state index in [0.29, 0.717) is 19.6 Å². The van der Waals surface area contributed by atoms with Crippen LogP contribution in [0.2, 0.25) is 0 Å². The molecule has 0 bridgehead atoms. The second-order valence-corrected chi connectivity index (χ2v) is 6.26. The third-order valence-corrected chi connectivity index (χ3v) is 4.52. The number of rotatable bonds is 3. The van der Waals surface area contributed by atoms with Crippen LogP contribution in [0.5, 0.6) is 0 Å². The Labute approximate surface area is 140 Å². The minimum atomic E-state index is 0.0692. The van der Waals surface area contributed by atoms with Crippen LogP contribution in [0.4, 0.5) is 0 Å². The smallest absolute Gasteiger partial charge is 0.254 e. The maximum Gasteiger partial charge on any atom is 0.254 e. The molecule has 3 heterocycles. The van der Waals surface area contributed by atoms with Crippen molar-refractivity contribution in [3.63, 3.8) is 0 Å². The van der Waals surface area contributed by atoms with Gasteiger partial charge in [-0.2, -0.15) is 5.10 Å². The van der Waals surface area contributed by atoms with Crippen LogP contribution in [0.15, 0.2) is 43.0 Å². The number of hydrogen-bond donors (Lipinski definition) is 0. The molecule has 0 N–H and O–H groups in total. The quantitative estimate of drug-likeness (QED) is 0.742. The highest BCUT2D eigenvalue weighted by molar-refractivity contribution is 5.94. The Bertz CT molecular complexity index is 877. The lowest BCUT2D eigenvalue weighted by Gasteiger charge is -2.16. The highest BCUT2D eigenvalue weighted by Crippen LogP contribution is 2.27. The fourth-order valence-corrected chi connectivity index (χ4v) is 3.17. The summed E-state index contributed by atoms with van der Waals surface area (Å²) in [7, 11) is 1.94. The van der Waals surface area contributed by atoms with Crippen LogP contribution in [-0.4, -0.2) is 30.1 Å². The van der Waals surface area contributed by atoms with Gasteiger partial charge in [0.2, 0.25) is 0 Å². The molecule has 0 saturated carbocycles. The van der Waals surface area contributed by atoms with Gasteiger partial charge in [0, 0.05) is 30.6 Å². The maximum absolute atomic E-state index is 12.7. The van der Waals surface area contributed by atoms with Gasteiger partial charge in [-0.1, -0.05) is 17.7 Å². The zero-order valence-corrected chi connectivity index (χ0v) is 13.8. The van der Waals surface area contributed by atoms with Crippen molar-refractivity contribution in [3.05, 3.63) is 71.1 Å². The molecule has 2 aromatic heterocycles. The van der Waals surface area contributed by atoms with Gasteiger partial charge in [-0.3, -0.25) is 9.48 Å². The maximum atomic E-state index is 12.7. The van der Waals surface area contributed by atoms with E-state index in [0.717, 1.165) is 28.1 Å². The molecule has 0 radical (unpaired) electrons. The number of aryl methyl sites for hydroxylation is 2. The Balaban J connectivity index is 1.57. The number of fused-ring (bicyclic) bond motifs is 1. The van der Waals surface area contributed by atoms with E-state index < -0.39 is 0 Å². The minimum absolute atomic E-state index is 0.0692. The van der Waals surface area contributed by atoms with Crippen LogP contribution in [-0.2, 0) is 26.7 Å². The molecule has 0 spiro atoms. The highest BCUT2D eigenvalue weighted by Gasteiger charge is 2.30. The van der Waals surface area contributed by atoms with Gasteiger partial charge in [0.1, 0.15) is 0 Å². The molecule has 24 heavy (non-hydrogen) atoms. The van der Waals surface area contributed by atoms with E-state index in [1.807, 2.05) is 58.6 Å². The first-order chi connectivity index (χ1) is 11.6. The number of aromatic nitrogens is 4. The topological polar surface area (TPSA) is 56.0 Å². The molecule has 0 aliphatic carbocycles. The van der Waals surface area contributed by atoms with Crippen LogP contribution < -0.4 is 0 Å². The van der Waals surface area contributed by atoms with E-state index in [1.165, 1.54) is 0 Å². The molecule has 1 amide bonds. The van der Waals surface area contributed by atoms with Gasteiger partial charge in [0.15, 0.2) is 0 Å². The number of hydrogen-bond acceptors (Lipinski definition) is 3. The summed E-state index contributed by atoms with van der Waals surface area (Å²) in [4.78, 5) is 18.7. The van der Waals surface area contributed by atoms with Crippen LogP contribution in [0.3, 0.4) is 0 Å². The number of benzene rings is 1. The molecule has 1 aliphatic rings. The molecule has 122 valence electrons. The van der Waals surface area contributed by atoms with Gasteiger partial charge in [-0.15, -0.1) is 0 Å². The van der Waals surface area contributed by atoms with Crippen LogP contribution in [0, 0.1) is 6.92 Å². The van der Waals surface area contributed by atoms with Crippen LogP contribution in [0.25, 0.3) is 0 Å². The summed E-state index contributed by atoms with van der Waals surface area (Å²) in [6.07, 6.45) is 5.47. The highest BCUT2D eigenvalue weighted by atomic mass is 16.2. The molecule has 0 unspecified atom stereocenters. The van der Waals surface area contributed by atoms with Gasteiger partial charge in [-0.05, 0) is 19.1 Å². The van der Waals surface area contributed by atoms with Crippen molar-refractivity contribution < 1.29 is 4.79 Å². The number of carbonyl (C=O) groups is 1. The standard InChI is InChI=1S/C18H19N5O/c1-13-3-5-14(6-4-13)18(24)23-9-15-16(10-22-8-7-19-12-22)20-21(2)17(15)11-23/h3-8,12H,9-11H2,1-2H3. The number of nitrogens with zero attached hydrogens (tertiary/aromatic N) is 5. The van der Waals surface area contributed by atoms with Crippen molar-refractivity contribution in [2.24, 2.45) is 7.05 Å². The first kappa shape index (κ1) is 14.7. The third kappa shape index (κ3) is 2.50. The summed E-state index contributed by atoms with van der Waals surface area (Å²) in [6.45, 7) is 3.92. The lowest BCUT2D eigenvalue weighted by Crippen LogP contribution is -2.26. The Hall–Kier alpha value is -2.89. The molecule has 1 aromatic carbocycles. The normalized spacial score (nSPS) is 13.3. The summed E-state index contributed by atoms with van der Waals surface area (Å²) >= 11 is 0. The Morgan fingerprint density at radius 1 is 1.21 bits per heavy atom. The summed E-state index contributed by atoms with van der Waals surface area (Å²) in [5.41, 5.74) is 5.17. The molecule has 3 aromatic rings. The van der Waals surface area contributed by atoms with Crippen molar-refractivity contribution in [1.82, 2.24) is 24.2 Å². The molecule has 6 heteroatoms. The Morgan fingerprint density at radius 3 is 2.71 bits per heavy atom. The van der Waals surface area contributed by atoms with E-state index in [4.69, 9.17) is 0 Å². The van der Waals surface area contributed by atoms with Gasteiger partial charge in [0.25, 0.3) is 5.91 Å². The van der Waals surface area contributed by atoms with Gasteiger partial charge >= 0.3 is 0 Å². The number of imidazole rings is 1. The predicted molar refractivity (Wildman–Crippen MR) is 89.3 cm³/mol. The van der Waals surface area contributed by atoms with Gasteiger partial charge < -0.3 is 9.47 Å². The van der Waals surface area contributed by atoms with Crippen molar-refractivity contribution >= 4 is 5.91 Å². The zero-order chi connectivity index (χ0) is 16.7. The lowest BCUT2D eigenvalue weighted by molar-refractivity contribution is 0.0748. The van der Waals surface area contributed by atoms with E-state index in [1.54, 1.807) is 12.5 Å². The van der Waals surface area contributed by atoms with Crippen LogP contribution in [0.1, 0.15) is 32.9 Å². The van der Waals surface area contributed by atoms with E-state index >= 15 is 0 Å². The van der Waals surface area contributed by atoms with Crippen LogP contribution >= 0.6 is 0 Å². The molecule has 1 aliphatic heterocycles. The first-order valence-corrected chi connectivity index (χ1v) is 7.97. The first-order valence-electron chi connectivity index (χ1n) is 7.97. The number of amides is 1. The zero-order valence-electron chi connectivity index (χ0n) is 13.8. The fraction of sp³-hybridized carbons (Fsp3) is 0.278. The molecule has 4 rings (SSSR count). The van der Waals surface area contributed by atoms with E-state index in [-0.39, 0.29) is 5.91 Å². The molecule has 6 nitrogen and oxygen atoms in total. The fourth-order valence-electron chi connectivity index (χ4n) is 3.17. The van der Waals surface area contributed by atoms with Gasteiger partial charge in [-0.25, -0.2) is 4.98 Å². The van der Waals surface area contributed by atoms with Crippen molar-refractivity contribution in [1.29, 1.82) is 0 Å². The molecular weight excluding hydrogens is 302 g/mol. The summed E-state index contributed by atoms with van der Waals surface area (Å²) in [5.74, 6) is 0.0692. The largest absolute Gasteiger partial charge is 0.331 e. The second-order valence-electron chi connectivity index (χ2n) is 6.26. The molecule has 0 atom stereocenters. The Kier molecular flexibility index (Phi) is 3.45. The summed E-state index contributed by atoms with van der Waals surface area (Å²) in [5, 5.41) is 4.62. The molecule has 0 saturated heterocycles. The molecular formula is C18H19N5O.